The average molecular weight is 428 g/mol. The average Bonchev–Trinajstić information content (AvgIpc) is 2.69. The summed E-state index contributed by atoms with van der Waals surface area (Å²) in [5.74, 6) is -3.18. The molecule has 2 unspecified atom stereocenters. The van der Waals surface area contributed by atoms with E-state index in [2.05, 4.69) is 10.3 Å². The Balaban J connectivity index is 0.000000224. The van der Waals surface area contributed by atoms with E-state index in [1.54, 1.807) is 24.3 Å². The highest BCUT2D eigenvalue weighted by molar-refractivity contribution is 6.02. The third-order valence-corrected chi connectivity index (χ3v) is 4.88. The molecule has 0 bridgehead atoms. The maximum absolute atomic E-state index is 11.3. The largest absolute Gasteiger partial charge is 0.481 e. The Labute approximate surface area is 177 Å². The van der Waals surface area contributed by atoms with Gasteiger partial charge in [0.05, 0.1) is 17.2 Å². The molecule has 0 aliphatic heterocycles. The molecule has 1 aliphatic carbocycles. The van der Waals surface area contributed by atoms with Crippen molar-refractivity contribution in [3.63, 3.8) is 0 Å². The Morgan fingerprint density at radius 2 is 1.68 bits per heavy atom. The molecule has 1 aromatic carbocycles. The molecule has 1 aliphatic rings. The molecule has 0 spiro atoms. The van der Waals surface area contributed by atoms with E-state index in [0.717, 1.165) is 0 Å². The molecule has 1 heterocycles. The number of allylic oxidation sites excluding steroid dienone is 2. The Morgan fingerprint density at radius 3 is 2.19 bits per heavy atom. The molecule has 9 heteroatoms. The number of aromatic carboxylic acids is 1. The van der Waals surface area contributed by atoms with Gasteiger partial charge in [-0.3, -0.25) is 9.59 Å². The molecule has 2 aromatic rings. The molecular weight excluding hydrogens is 404 g/mol. The van der Waals surface area contributed by atoms with Gasteiger partial charge in [0.15, 0.2) is 0 Å². The van der Waals surface area contributed by atoms with Gasteiger partial charge in [-0.2, -0.15) is 0 Å². The van der Waals surface area contributed by atoms with Crippen LogP contribution in [0.1, 0.15) is 31.1 Å². The molecule has 9 nitrogen and oxygen atoms in total. The van der Waals surface area contributed by atoms with Crippen molar-refractivity contribution in [1.29, 1.82) is 0 Å². The van der Waals surface area contributed by atoms with Crippen molar-refractivity contribution in [2.24, 2.45) is 5.41 Å². The summed E-state index contributed by atoms with van der Waals surface area (Å²) in [6, 6.07) is 5.88. The number of H-pyrrole nitrogens is 1. The van der Waals surface area contributed by atoms with Crippen molar-refractivity contribution in [1.82, 2.24) is 10.3 Å². The van der Waals surface area contributed by atoms with E-state index in [-0.39, 0.29) is 22.7 Å². The summed E-state index contributed by atoms with van der Waals surface area (Å²) in [5.41, 5.74) is -1.33. The number of pyridine rings is 1. The van der Waals surface area contributed by atoms with Crippen LogP contribution >= 0.6 is 0 Å². The van der Waals surface area contributed by atoms with Crippen LogP contribution in [0.5, 0.6) is 0 Å². The van der Waals surface area contributed by atoms with Gasteiger partial charge >= 0.3 is 17.9 Å². The van der Waals surface area contributed by atoms with Crippen LogP contribution in [0.25, 0.3) is 10.8 Å². The van der Waals surface area contributed by atoms with E-state index < -0.39 is 29.4 Å². The molecule has 0 saturated carbocycles. The summed E-state index contributed by atoms with van der Waals surface area (Å²) in [4.78, 5) is 46.9. The fourth-order valence-electron chi connectivity index (χ4n) is 3.24. The summed E-state index contributed by atoms with van der Waals surface area (Å²) < 4.78 is 0. The molecule has 1 aromatic heterocycles. The van der Waals surface area contributed by atoms with Crippen LogP contribution in [0.4, 0.5) is 0 Å². The van der Waals surface area contributed by atoms with Crippen LogP contribution in [0.15, 0.2) is 59.1 Å². The smallest absolute Gasteiger partial charge is 0.337 e. The summed E-state index contributed by atoms with van der Waals surface area (Å²) in [5, 5.41) is 31.1. The van der Waals surface area contributed by atoms with Crippen LogP contribution in [-0.2, 0) is 9.59 Å². The third-order valence-electron chi connectivity index (χ3n) is 4.88. The van der Waals surface area contributed by atoms with Crippen molar-refractivity contribution in [3.8, 4) is 0 Å². The lowest BCUT2D eigenvalue weighted by Gasteiger charge is -2.35. The predicted molar refractivity (Wildman–Crippen MR) is 114 cm³/mol. The van der Waals surface area contributed by atoms with Crippen LogP contribution < -0.4 is 10.9 Å². The van der Waals surface area contributed by atoms with Gasteiger partial charge in [0.2, 0.25) is 0 Å². The van der Waals surface area contributed by atoms with Gasteiger partial charge in [-0.1, -0.05) is 50.3 Å². The number of fused-ring (bicyclic) bond motifs is 1. The Kier molecular flexibility index (Phi) is 7.14. The lowest BCUT2D eigenvalue weighted by atomic mass is 9.75. The number of carbonyl (C=O) groups is 3. The summed E-state index contributed by atoms with van der Waals surface area (Å²) in [6.45, 7) is 5.21. The highest BCUT2D eigenvalue weighted by Gasteiger charge is 2.44. The fourth-order valence-corrected chi connectivity index (χ4v) is 3.24. The lowest BCUT2D eigenvalue weighted by molar-refractivity contribution is -0.146. The molecule has 0 radical (unpaired) electrons. The number of aliphatic carboxylic acids is 2. The van der Waals surface area contributed by atoms with E-state index >= 15 is 0 Å². The van der Waals surface area contributed by atoms with Crippen molar-refractivity contribution in [2.45, 2.75) is 32.9 Å². The number of hydrogen-bond acceptors (Lipinski definition) is 5. The number of hydrogen-bond donors (Lipinski definition) is 5. The van der Waals surface area contributed by atoms with E-state index in [0.29, 0.717) is 10.8 Å². The second kappa shape index (κ2) is 9.40. The van der Waals surface area contributed by atoms with Gasteiger partial charge in [0.25, 0.3) is 5.56 Å². The highest BCUT2D eigenvalue weighted by Crippen LogP contribution is 2.32. The van der Waals surface area contributed by atoms with E-state index in [1.807, 2.05) is 13.8 Å². The zero-order valence-electron chi connectivity index (χ0n) is 17.2. The summed E-state index contributed by atoms with van der Waals surface area (Å²) in [6.07, 6.45) is 5.65. The van der Waals surface area contributed by atoms with Gasteiger partial charge in [0.1, 0.15) is 5.41 Å². The fraction of sp³-hybridized carbons (Fsp3) is 0.273. The first-order valence-electron chi connectivity index (χ1n) is 9.45. The first-order chi connectivity index (χ1) is 14.5. The van der Waals surface area contributed by atoms with Gasteiger partial charge in [-0.25, -0.2) is 9.59 Å². The molecule has 0 amide bonds. The number of nitrogens with one attached hydrogen (secondary N) is 2. The monoisotopic (exact) mass is 428 g/mol. The third kappa shape index (κ3) is 5.07. The van der Waals surface area contributed by atoms with Gasteiger partial charge in [-0.05, 0) is 13.0 Å². The molecule has 3 rings (SSSR count). The standard InChI is InChI=1S/C12H17NO4.C10H7NO3/c1-7(2)13-9-8(10(14)15)5-4-6-12(9,3)11(16)17;12-9-7-4-2-1-3-6(7)8(5-11-9)10(13)14/h4-7,9,13H,1-3H3,(H,14,15)(H,16,17);1-5H,(H,11,12)(H,13,14). The maximum Gasteiger partial charge on any atom is 0.337 e. The van der Waals surface area contributed by atoms with E-state index in [4.69, 9.17) is 10.2 Å². The summed E-state index contributed by atoms with van der Waals surface area (Å²) >= 11 is 0. The number of benzene rings is 1. The highest BCUT2D eigenvalue weighted by atomic mass is 16.4. The number of carboxylic acid groups (broad SMARTS) is 3. The van der Waals surface area contributed by atoms with Crippen molar-refractivity contribution in [3.05, 3.63) is 70.2 Å². The van der Waals surface area contributed by atoms with Crippen LogP contribution in [0.2, 0.25) is 0 Å². The molecule has 0 fully saturated rings. The number of aromatic nitrogens is 1. The van der Waals surface area contributed by atoms with Crippen molar-refractivity contribution >= 4 is 28.7 Å². The minimum Gasteiger partial charge on any atom is -0.481 e. The second-order valence-electron chi connectivity index (χ2n) is 7.51. The molecule has 2 atom stereocenters. The number of rotatable bonds is 5. The van der Waals surface area contributed by atoms with Crippen LogP contribution in [0, 0.1) is 5.41 Å². The molecular formula is C22H24N2O7. The Bertz CT molecular complexity index is 1130. The topological polar surface area (TPSA) is 157 Å². The zero-order chi connectivity index (χ0) is 23.3. The first kappa shape index (κ1) is 23.6. The Hall–Kier alpha value is -3.72. The normalized spacial score (nSPS) is 20.0. The van der Waals surface area contributed by atoms with Crippen molar-refractivity contribution < 1.29 is 29.7 Å². The predicted octanol–water partition coefficient (Wildman–Crippen LogP) is 2.25. The van der Waals surface area contributed by atoms with Gasteiger partial charge < -0.3 is 25.6 Å². The van der Waals surface area contributed by atoms with Crippen LogP contribution in [0.3, 0.4) is 0 Å². The van der Waals surface area contributed by atoms with Crippen molar-refractivity contribution in [2.75, 3.05) is 0 Å². The van der Waals surface area contributed by atoms with E-state index in [9.17, 15) is 24.3 Å². The van der Waals surface area contributed by atoms with Gasteiger partial charge in [0, 0.05) is 23.0 Å². The quantitative estimate of drug-likeness (QED) is 0.485. The lowest BCUT2D eigenvalue weighted by Crippen LogP contribution is -2.52. The summed E-state index contributed by atoms with van der Waals surface area (Å²) in [7, 11) is 0. The Morgan fingerprint density at radius 1 is 1.06 bits per heavy atom. The maximum atomic E-state index is 11.3. The molecule has 164 valence electrons. The molecule has 5 N–H and O–H groups in total. The van der Waals surface area contributed by atoms with E-state index in [1.165, 1.54) is 31.3 Å². The molecule has 0 saturated heterocycles. The number of aromatic amines is 1. The SMILES string of the molecule is CC(C)NC1C(C(=O)O)=CC=CC1(C)C(=O)O.O=C(O)c1c[nH]c(=O)c2ccccc12. The zero-order valence-corrected chi connectivity index (χ0v) is 17.2. The first-order valence-corrected chi connectivity index (χ1v) is 9.45. The van der Waals surface area contributed by atoms with Gasteiger partial charge in [-0.15, -0.1) is 0 Å². The minimum atomic E-state index is -1.24. The second-order valence-corrected chi connectivity index (χ2v) is 7.51. The number of carboxylic acids is 3. The molecule has 31 heavy (non-hydrogen) atoms. The minimum absolute atomic E-state index is 0.00655. The van der Waals surface area contributed by atoms with Crippen LogP contribution in [-0.4, -0.2) is 50.3 Å².